The van der Waals surface area contributed by atoms with Crippen molar-refractivity contribution in [1.29, 1.82) is 0 Å². The predicted molar refractivity (Wildman–Crippen MR) is 71.4 cm³/mol. The lowest BCUT2D eigenvalue weighted by Crippen LogP contribution is -2.55. The third-order valence-electron chi connectivity index (χ3n) is 3.90. The maximum atomic E-state index is 10.1. The zero-order valence-corrected chi connectivity index (χ0v) is 11.3. The van der Waals surface area contributed by atoms with Crippen molar-refractivity contribution in [2.45, 2.75) is 30.5 Å². The molecule has 0 aromatic rings. The van der Waals surface area contributed by atoms with Gasteiger partial charge in [-0.1, -0.05) is 0 Å². The first-order valence-corrected chi connectivity index (χ1v) is 6.68. The second-order valence-corrected chi connectivity index (χ2v) is 5.24. The van der Waals surface area contributed by atoms with Gasteiger partial charge >= 0.3 is 0 Å². The SMILES string of the molecule is OC[C@H]1O[C@@H](c2occc3cc(O)c(O)c2-3)[C@H](O)[C@@H](O)[C@@H]1O. The molecule has 0 amide bonds. The van der Waals surface area contributed by atoms with Crippen LogP contribution in [0.4, 0.5) is 0 Å². The standard InChI is InChI=1S/C14H16O8/c15-4-7-10(18)11(19)12(20)14(22-7)13-8-5(1-2-21-13)3-6(16)9(8)17/h1-3,7,10-12,14-20H,4H2/t7-,10-,11+,12-,14-/m1/s1. The van der Waals surface area contributed by atoms with Crippen LogP contribution in [-0.2, 0) is 4.74 Å². The molecule has 8 nitrogen and oxygen atoms in total. The molecule has 0 spiro atoms. The number of ether oxygens (including phenoxy) is 1. The molecule has 3 aliphatic rings. The highest BCUT2D eigenvalue weighted by atomic mass is 16.6. The first-order chi connectivity index (χ1) is 10.5. The highest BCUT2D eigenvalue weighted by Gasteiger charge is 2.46. The smallest absolute Gasteiger partial charge is 0.169 e. The van der Waals surface area contributed by atoms with Crippen LogP contribution in [0.25, 0.3) is 11.1 Å². The molecule has 0 unspecified atom stereocenters. The summed E-state index contributed by atoms with van der Waals surface area (Å²) < 4.78 is 10.7. The lowest BCUT2D eigenvalue weighted by atomic mass is 9.91. The van der Waals surface area contributed by atoms with Crippen LogP contribution in [0, 0.1) is 0 Å². The van der Waals surface area contributed by atoms with Crippen molar-refractivity contribution in [3.63, 3.8) is 0 Å². The Labute approximate surface area is 124 Å². The van der Waals surface area contributed by atoms with Gasteiger partial charge in [0.15, 0.2) is 11.5 Å². The summed E-state index contributed by atoms with van der Waals surface area (Å²) in [6.45, 7) is -0.574. The van der Waals surface area contributed by atoms with Crippen LogP contribution in [-0.4, -0.2) is 61.7 Å². The van der Waals surface area contributed by atoms with E-state index in [0.717, 1.165) is 0 Å². The van der Waals surface area contributed by atoms with Crippen molar-refractivity contribution >= 4 is 0 Å². The molecule has 1 aliphatic carbocycles. The second-order valence-electron chi connectivity index (χ2n) is 5.24. The van der Waals surface area contributed by atoms with Gasteiger partial charge in [0.05, 0.1) is 18.4 Å². The van der Waals surface area contributed by atoms with E-state index in [9.17, 15) is 30.6 Å². The van der Waals surface area contributed by atoms with Gasteiger partial charge in [-0.05, 0) is 17.7 Å². The Kier molecular flexibility index (Phi) is 3.71. The number of fused-ring (bicyclic) bond motifs is 1. The normalized spacial score (nSPS) is 32.5. The molecule has 3 rings (SSSR count). The average molecular weight is 312 g/mol. The summed E-state index contributed by atoms with van der Waals surface area (Å²) in [5.74, 6) is -0.819. The van der Waals surface area contributed by atoms with Gasteiger partial charge in [-0.3, -0.25) is 0 Å². The van der Waals surface area contributed by atoms with Crippen molar-refractivity contribution in [2.75, 3.05) is 6.61 Å². The van der Waals surface area contributed by atoms with E-state index in [-0.39, 0.29) is 17.1 Å². The molecule has 1 saturated heterocycles. The van der Waals surface area contributed by atoms with E-state index < -0.39 is 42.9 Å². The first-order valence-electron chi connectivity index (χ1n) is 6.68. The molecule has 6 N–H and O–H groups in total. The molecule has 2 aliphatic heterocycles. The van der Waals surface area contributed by atoms with Gasteiger partial charge in [-0.2, -0.15) is 0 Å². The van der Waals surface area contributed by atoms with Gasteiger partial charge in [-0.25, -0.2) is 0 Å². The highest BCUT2D eigenvalue weighted by Crippen LogP contribution is 2.47. The number of rotatable bonds is 2. The Morgan fingerprint density at radius 1 is 1.05 bits per heavy atom. The number of aliphatic hydroxyl groups excluding tert-OH is 4. The van der Waals surface area contributed by atoms with Gasteiger partial charge in [0.2, 0.25) is 0 Å². The van der Waals surface area contributed by atoms with Crippen molar-refractivity contribution in [3.05, 3.63) is 24.2 Å². The monoisotopic (exact) mass is 312 g/mol. The van der Waals surface area contributed by atoms with Crippen molar-refractivity contribution in [2.24, 2.45) is 0 Å². The van der Waals surface area contributed by atoms with Crippen molar-refractivity contribution in [3.8, 4) is 22.6 Å². The zero-order valence-electron chi connectivity index (χ0n) is 11.3. The topological polar surface area (TPSA) is 144 Å². The molecule has 22 heavy (non-hydrogen) atoms. The minimum Gasteiger partial charge on any atom is -0.504 e. The molecule has 0 saturated carbocycles. The van der Waals surface area contributed by atoms with E-state index >= 15 is 0 Å². The summed E-state index contributed by atoms with van der Waals surface area (Å²) in [6.07, 6.45) is -5.64. The van der Waals surface area contributed by atoms with E-state index in [0.29, 0.717) is 5.56 Å². The van der Waals surface area contributed by atoms with Gasteiger partial charge < -0.3 is 39.8 Å². The number of aromatic hydroxyl groups is 2. The minimum absolute atomic E-state index is 0.0211. The Morgan fingerprint density at radius 2 is 1.77 bits per heavy atom. The molecule has 5 atom stereocenters. The summed E-state index contributed by atoms with van der Waals surface area (Å²) in [5, 5.41) is 58.5. The predicted octanol–water partition coefficient (Wildman–Crippen LogP) is -0.690. The molecule has 0 aromatic heterocycles. The Bertz CT molecular complexity index is 636. The maximum absolute atomic E-state index is 10.1. The summed E-state index contributed by atoms with van der Waals surface area (Å²) in [7, 11) is 0. The van der Waals surface area contributed by atoms with Gasteiger partial charge in [0.1, 0.15) is 36.3 Å². The maximum Gasteiger partial charge on any atom is 0.169 e. The molecular formula is C14H16O8. The van der Waals surface area contributed by atoms with Crippen LogP contribution in [0.3, 0.4) is 0 Å². The van der Waals surface area contributed by atoms with E-state index in [1.54, 1.807) is 0 Å². The van der Waals surface area contributed by atoms with Gasteiger partial charge in [0, 0.05) is 0 Å². The minimum atomic E-state index is -1.56. The van der Waals surface area contributed by atoms with Crippen LogP contribution in [0.2, 0.25) is 0 Å². The van der Waals surface area contributed by atoms with E-state index in [1.165, 1.54) is 18.4 Å². The third kappa shape index (κ3) is 2.13. The van der Waals surface area contributed by atoms with Crippen LogP contribution >= 0.6 is 0 Å². The molecular weight excluding hydrogens is 296 g/mol. The largest absolute Gasteiger partial charge is 0.504 e. The Hall–Kier alpha value is -1.84. The van der Waals surface area contributed by atoms with Crippen LogP contribution in [0.15, 0.2) is 22.8 Å². The Balaban J connectivity index is 2.07. The number of aliphatic hydroxyl groups is 4. The Morgan fingerprint density at radius 3 is 2.45 bits per heavy atom. The van der Waals surface area contributed by atoms with Gasteiger partial charge in [-0.15, -0.1) is 0 Å². The van der Waals surface area contributed by atoms with Crippen LogP contribution in [0.5, 0.6) is 11.5 Å². The lowest BCUT2D eigenvalue weighted by molar-refractivity contribution is -0.235. The van der Waals surface area contributed by atoms with Crippen LogP contribution in [0.1, 0.15) is 11.9 Å². The van der Waals surface area contributed by atoms with Gasteiger partial charge in [0.25, 0.3) is 0 Å². The molecule has 0 aromatic carbocycles. The zero-order chi connectivity index (χ0) is 16.0. The molecule has 0 bridgehead atoms. The molecule has 120 valence electrons. The molecule has 8 heteroatoms. The fourth-order valence-electron chi connectivity index (χ4n) is 2.71. The van der Waals surface area contributed by atoms with E-state index in [1.807, 2.05) is 0 Å². The summed E-state index contributed by atoms with van der Waals surface area (Å²) >= 11 is 0. The molecule has 0 radical (unpaired) electrons. The van der Waals surface area contributed by atoms with Crippen LogP contribution < -0.4 is 0 Å². The fraction of sp³-hybridized carbons (Fsp3) is 0.429. The molecule has 2 heterocycles. The quantitative estimate of drug-likeness (QED) is 0.427. The van der Waals surface area contributed by atoms with Crippen molar-refractivity contribution < 1.29 is 39.8 Å². The summed E-state index contributed by atoms with van der Waals surface area (Å²) in [4.78, 5) is 0. The summed E-state index contributed by atoms with van der Waals surface area (Å²) in [5.41, 5.74) is 0.581. The fourth-order valence-corrected chi connectivity index (χ4v) is 2.71. The summed E-state index contributed by atoms with van der Waals surface area (Å²) in [6, 6.07) is 2.82. The average Bonchev–Trinajstić information content (AvgIpc) is 2.80. The van der Waals surface area contributed by atoms with Crippen molar-refractivity contribution in [1.82, 2.24) is 0 Å². The third-order valence-corrected chi connectivity index (χ3v) is 3.90. The molecule has 1 fully saturated rings. The lowest BCUT2D eigenvalue weighted by Gasteiger charge is -2.39. The number of hydrogen-bond donors (Lipinski definition) is 6. The number of hydrogen-bond acceptors (Lipinski definition) is 8. The highest BCUT2D eigenvalue weighted by molar-refractivity contribution is 5.80. The van der Waals surface area contributed by atoms with E-state index in [4.69, 9.17) is 9.15 Å². The first kappa shape index (κ1) is 15.1. The van der Waals surface area contributed by atoms with E-state index in [2.05, 4.69) is 0 Å². The second kappa shape index (κ2) is 5.41.